The predicted octanol–water partition coefficient (Wildman–Crippen LogP) is 1.73. The monoisotopic (exact) mass is 264 g/mol. The lowest BCUT2D eigenvalue weighted by atomic mass is 10.2. The van der Waals surface area contributed by atoms with Gasteiger partial charge in [0.05, 0.1) is 18.4 Å². The Labute approximate surface area is 111 Å². The smallest absolute Gasteiger partial charge is 0.339 e. The van der Waals surface area contributed by atoms with Gasteiger partial charge in [-0.25, -0.2) is 9.59 Å². The average Bonchev–Trinajstić information content (AvgIpc) is 2.91. The lowest BCUT2D eigenvalue weighted by Crippen LogP contribution is -2.37. The van der Waals surface area contributed by atoms with Gasteiger partial charge < -0.3 is 20.1 Å². The van der Waals surface area contributed by atoms with Crippen molar-refractivity contribution in [3.05, 3.63) is 29.8 Å². The minimum Gasteiger partial charge on any atom is -0.465 e. The van der Waals surface area contributed by atoms with E-state index in [1.54, 1.807) is 24.3 Å². The molecule has 1 aliphatic rings. The van der Waals surface area contributed by atoms with Gasteiger partial charge in [0.1, 0.15) is 6.23 Å². The number of benzene rings is 1. The Kier molecular flexibility index (Phi) is 4.35. The molecule has 102 valence electrons. The molecule has 1 atom stereocenters. The quantitative estimate of drug-likeness (QED) is 0.815. The van der Waals surface area contributed by atoms with Crippen LogP contribution in [-0.4, -0.2) is 31.9 Å². The van der Waals surface area contributed by atoms with Gasteiger partial charge in [-0.15, -0.1) is 0 Å². The number of methoxy groups -OCH3 is 1. The Morgan fingerprint density at radius 3 is 2.84 bits per heavy atom. The Balaban J connectivity index is 2.01. The molecule has 1 aliphatic heterocycles. The Morgan fingerprint density at radius 2 is 2.16 bits per heavy atom. The summed E-state index contributed by atoms with van der Waals surface area (Å²) in [6.07, 6.45) is 1.47. The minimum absolute atomic E-state index is 0.259. The summed E-state index contributed by atoms with van der Waals surface area (Å²) in [5.74, 6) is -0.493. The summed E-state index contributed by atoms with van der Waals surface area (Å²) in [6, 6.07) is 6.27. The second-order valence-electron chi connectivity index (χ2n) is 4.14. The summed E-state index contributed by atoms with van der Waals surface area (Å²) < 4.78 is 9.95. The molecule has 0 bridgehead atoms. The summed E-state index contributed by atoms with van der Waals surface area (Å²) in [5, 5.41) is 5.31. The second-order valence-corrected chi connectivity index (χ2v) is 4.14. The summed E-state index contributed by atoms with van der Waals surface area (Å²) >= 11 is 0. The van der Waals surface area contributed by atoms with Gasteiger partial charge in [0, 0.05) is 6.61 Å². The molecule has 1 aromatic rings. The minimum atomic E-state index is -0.493. The number of carbonyl (C=O) groups is 2. The van der Waals surface area contributed by atoms with E-state index in [1.807, 2.05) is 0 Å². The Morgan fingerprint density at radius 1 is 1.37 bits per heavy atom. The summed E-state index contributed by atoms with van der Waals surface area (Å²) in [7, 11) is 1.30. The number of carbonyl (C=O) groups excluding carboxylic acids is 2. The Bertz CT molecular complexity index is 469. The van der Waals surface area contributed by atoms with Crippen LogP contribution >= 0.6 is 0 Å². The van der Waals surface area contributed by atoms with E-state index in [1.165, 1.54) is 7.11 Å². The van der Waals surface area contributed by atoms with E-state index in [9.17, 15) is 9.59 Å². The van der Waals surface area contributed by atoms with Gasteiger partial charge in [-0.1, -0.05) is 12.1 Å². The highest BCUT2D eigenvalue weighted by molar-refractivity contribution is 6.00. The van der Waals surface area contributed by atoms with Crippen LogP contribution in [0.1, 0.15) is 23.2 Å². The molecule has 6 nitrogen and oxygen atoms in total. The fourth-order valence-corrected chi connectivity index (χ4v) is 1.88. The third kappa shape index (κ3) is 3.45. The first-order chi connectivity index (χ1) is 9.20. The molecule has 2 amide bonds. The van der Waals surface area contributed by atoms with E-state index >= 15 is 0 Å². The van der Waals surface area contributed by atoms with E-state index in [0.29, 0.717) is 17.9 Å². The molecule has 0 radical (unpaired) electrons. The van der Waals surface area contributed by atoms with Gasteiger partial charge in [0.15, 0.2) is 0 Å². The normalized spacial score (nSPS) is 17.8. The number of urea groups is 1. The second kappa shape index (κ2) is 6.19. The van der Waals surface area contributed by atoms with Crippen molar-refractivity contribution >= 4 is 17.7 Å². The fraction of sp³-hybridized carbons (Fsp3) is 0.385. The van der Waals surface area contributed by atoms with Crippen LogP contribution in [-0.2, 0) is 9.47 Å². The number of nitrogens with one attached hydrogen (secondary N) is 2. The number of amides is 2. The molecule has 1 aromatic carbocycles. The van der Waals surface area contributed by atoms with E-state index in [2.05, 4.69) is 15.4 Å². The first-order valence-corrected chi connectivity index (χ1v) is 6.07. The number of ether oxygens (including phenoxy) is 2. The van der Waals surface area contributed by atoms with Crippen LogP contribution in [0, 0.1) is 0 Å². The van der Waals surface area contributed by atoms with Crippen molar-refractivity contribution in [1.82, 2.24) is 5.32 Å². The van der Waals surface area contributed by atoms with Crippen LogP contribution < -0.4 is 10.6 Å². The maximum Gasteiger partial charge on any atom is 0.339 e. The third-order valence-corrected chi connectivity index (χ3v) is 2.80. The van der Waals surface area contributed by atoms with Gasteiger partial charge in [0.2, 0.25) is 0 Å². The molecule has 0 aliphatic carbocycles. The van der Waals surface area contributed by atoms with Gasteiger partial charge >= 0.3 is 12.0 Å². The lowest BCUT2D eigenvalue weighted by Gasteiger charge is -2.14. The highest BCUT2D eigenvalue weighted by Gasteiger charge is 2.19. The SMILES string of the molecule is COC(=O)c1ccccc1NC(=O)NC1CCCO1. The van der Waals surface area contributed by atoms with Crippen LogP contribution in [0.3, 0.4) is 0 Å². The zero-order chi connectivity index (χ0) is 13.7. The van der Waals surface area contributed by atoms with E-state index in [0.717, 1.165) is 12.8 Å². The summed E-state index contributed by atoms with van der Waals surface area (Å²) in [5.41, 5.74) is 0.720. The van der Waals surface area contributed by atoms with Gasteiger partial charge in [-0.2, -0.15) is 0 Å². The molecule has 1 unspecified atom stereocenters. The molecule has 1 saturated heterocycles. The van der Waals surface area contributed by atoms with Crippen LogP contribution in [0.25, 0.3) is 0 Å². The molecule has 1 fully saturated rings. The van der Waals surface area contributed by atoms with Crippen molar-refractivity contribution in [3.8, 4) is 0 Å². The molecule has 0 aromatic heterocycles. The van der Waals surface area contributed by atoms with Crippen molar-refractivity contribution < 1.29 is 19.1 Å². The topological polar surface area (TPSA) is 76.7 Å². The molecular weight excluding hydrogens is 248 g/mol. The first kappa shape index (κ1) is 13.4. The van der Waals surface area contributed by atoms with E-state index in [4.69, 9.17) is 4.74 Å². The van der Waals surface area contributed by atoms with Crippen molar-refractivity contribution in [3.63, 3.8) is 0 Å². The highest BCUT2D eigenvalue weighted by Crippen LogP contribution is 2.16. The maximum atomic E-state index is 11.8. The maximum absolute atomic E-state index is 11.8. The van der Waals surface area contributed by atoms with Crippen molar-refractivity contribution in [2.75, 3.05) is 19.0 Å². The number of rotatable bonds is 3. The molecular formula is C13H16N2O4. The van der Waals surface area contributed by atoms with Crippen LogP contribution in [0.4, 0.5) is 10.5 Å². The summed E-state index contributed by atoms with van der Waals surface area (Å²) in [6.45, 7) is 0.656. The molecule has 19 heavy (non-hydrogen) atoms. The molecule has 0 saturated carbocycles. The number of anilines is 1. The molecule has 1 heterocycles. The zero-order valence-corrected chi connectivity index (χ0v) is 10.6. The third-order valence-electron chi connectivity index (χ3n) is 2.80. The largest absolute Gasteiger partial charge is 0.465 e. The van der Waals surface area contributed by atoms with Crippen LogP contribution in [0.15, 0.2) is 24.3 Å². The molecule has 2 rings (SSSR count). The zero-order valence-electron chi connectivity index (χ0n) is 10.6. The number of esters is 1. The van der Waals surface area contributed by atoms with Crippen molar-refractivity contribution in [2.24, 2.45) is 0 Å². The summed E-state index contributed by atoms with van der Waals surface area (Å²) in [4.78, 5) is 23.3. The van der Waals surface area contributed by atoms with E-state index in [-0.39, 0.29) is 6.23 Å². The Hall–Kier alpha value is -2.08. The number of para-hydroxylation sites is 1. The molecule has 2 N–H and O–H groups in total. The molecule has 6 heteroatoms. The molecule has 0 spiro atoms. The van der Waals surface area contributed by atoms with Crippen LogP contribution in [0.2, 0.25) is 0 Å². The first-order valence-electron chi connectivity index (χ1n) is 6.07. The lowest BCUT2D eigenvalue weighted by molar-refractivity contribution is 0.0602. The highest BCUT2D eigenvalue weighted by atomic mass is 16.5. The fourth-order valence-electron chi connectivity index (χ4n) is 1.88. The van der Waals surface area contributed by atoms with Gasteiger partial charge in [-0.05, 0) is 25.0 Å². The number of hydrogen-bond acceptors (Lipinski definition) is 4. The van der Waals surface area contributed by atoms with Gasteiger partial charge in [-0.3, -0.25) is 0 Å². The average molecular weight is 264 g/mol. The standard InChI is InChI=1S/C13H16N2O4/c1-18-12(16)9-5-2-3-6-10(9)14-13(17)15-11-7-4-8-19-11/h2-3,5-6,11H,4,7-8H2,1H3,(H2,14,15,17). The van der Waals surface area contributed by atoms with Crippen molar-refractivity contribution in [2.45, 2.75) is 19.1 Å². The van der Waals surface area contributed by atoms with Gasteiger partial charge in [0.25, 0.3) is 0 Å². The van der Waals surface area contributed by atoms with Crippen molar-refractivity contribution in [1.29, 1.82) is 0 Å². The number of hydrogen-bond donors (Lipinski definition) is 2. The van der Waals surface area contributed by atoms with Crippen LogP contribution in [0.5, 0.6) is 0 Å². The predicted molar refractivity (Wildman–Crippen MR) is 68.9 cm³/mol. The van der Waals surface area contributed by atoms with E-state index < -0.39 is 12.0 Å².